The minimum absolute atomic E-state index is 0.0885. The van der Waals surface area contributed by atoms with Gasteiger partial charge in [0.15, 0.2) is 0 Å². The zero-order valence-corrected chi connectivity index (χ0v) is 12.6. The number of aromatic nitrogens is 4. The molecule has 0 aromatic carbocycles. The summed E-state index contributed by atoms with van der Waals surface area (Å²) in [5.74, 6) is -0.644. The van der Waals surface area contributed by atoms with Crippen LogP contribution in [0.25, 0.3) is 0 Å². The maximum absolute atomic E-state index is 12.3. The number of carboxylic acids is 1. The molecular weight excluding hydrogens is 286 g/mol. The zero-order chi connectivity index (χ0) is 16.1. The van der Waals surface area contributed by atoms with Crippen LogP contribution in [0.3, 0.4) is 0 Å². The lowest BCUT2D eigenvalue weighted by Gasteiger charge is -2.09. The van der Waals surface area contributed by atoms with E-state index in [0.29, 0.717) is 18.1 Å². The zero-order valence-electron chi connectivity index (χ0n) is 12.6. The van der Waals surface area contributed by atoms with Crippen molar-refractivity contribution in [3.63, 3.8) is 0 Å². The van der Waals surface area contributed by atoms with E-state index >= 15 is 0 Å². The summed E-state index contributed by atoms with van der Waals surface area (Å²) >= 11 is 0. The minimum Gasteiger partial charge on any atom is -0.481 e. The summed E-state index contributed by atoms with van der Waals surface area (Å²) in [5.41, 5.74) is 1.14. The quantitative estimate of drug-likeness (QED) is 0.807. The van der Waals surface area contributed by atoms with E-state index in [2.05, 4.69) is 15.5 Å². The number of hydrogen-bond donors (Lipinski definition) is 2. The molecule has 0 atom stereocenters. The Balaban J connectivity index is 2.13. The monoisotopic (exact) mass is 305 g/mol. The molecule has 2 heterocycles. The Morgan fingerprint density at radius 2 is 2.09 bits per heavy atom. The van der Waals surface area contributed by atoms with E-state index in [1.807, 2.05) is 13.8 Å². The minimum atomic E-state index is -0.932. The number of anilines is 1. The van der Waals surface area contributed by atoms with Crippen LogP contribution >= 0.6 is 0 Å². The Morgan fingerprint density at radius 3 is 2.77 bits per heavy atom. The third-order valence-corrected chi connectivity index (χ3v) is 3.07. The van der Waals surface area contributed by atoms with Crippen LogP contribution in [-0.4, -0.2) is 36.5 Å². The van der Waals surface area contributed by atoms with Gasteiger partial charge in [-0.15, -0.1) is 0 Å². The van der Waals surface area contributed by atoms with Gasteiger partial charge in [-0.3, -0.25) is 14.3 Å². The molecule has 0 aliphatic carbocycles. The highest BCUT2D eigenvalue weighted by molar-refractivity contribution is 6.02. The van der Waals surface area contributed by atoms with Crippen LogP contribution in [-0.2, 0) is 17.9 Å². The number of carboxylic acid groups (broad SMARTS) is 1. The van der Waals surface area contributed by atoms with Crippen molar-refractivity contribution in [1.82, 2.24) is 19.6 Å². The smallest absolute Gasteiger partial charge is 0.305 e. The van der Waals surface area contributed by atoms with Gasteiger partial charge in [-0.2, -0.15) is 10.2 Å². The molecule has 0 unspecified atom stereocenters. The fourth-order valence-electron chi connectivity index (χ4n) is 2.11. The highest BCUT2D eigenvalue weighted by Crippen LogP contribution is 2.13. The Bertz CT molecular complexity index is 674. The van der Waals surface area contributed by atoms with Crippen molar-refractivity contribution in [2.24, 2.45) is 0 Å². The van der Waals surface area contributed by atoms with Crippen molar-refractivity contribution < 1.29 is 14.7 Å². The molecule has 0 spiro atoms. The first-order chi connectivity index (χ1) is 10.5. The summed E-state index contributed by atoms with van der Waals surface area (Å²) < 4.78 is 3.13. The van der Waals surface area contributed by atoms with Crippen molar-refractivity contribution in [2.45, 2.75) is 39.8 Å². The lowest BCUT2D eigenvalue weighted by molar-refractivity contribution is -0.137. The maximum atomic E-state index is 12.3. The molecule has 2 aromatic rings. The predicted octanol–water partition coefficient (Wildman–Crippen LogP) is 1.53. The van der Waals surface area contributed by atoms with Crippen molar-refractivity contribution in [3.05, 3.63) is 29.7 Å². The molecule has 1 amide bonds. The van der Waals surface area contributed by atoms with E-state index in [9.17, 15) is 9.59 Å². The highest BCUT2D eigenvalue weighted by Gasteiger charge is 2.15. The number of carbonyl (C=O) groups is 2. The van der Waals surface area contributed by atoms with Gasteiger partial charge in [0, 0.05) is 18.8 Å². The molecule has 0 radical (unpaired) electrons. The van der Waals surface area contributed by atoms with Gasteiger partial charge in [-0.25, -0.2) is 4.68 Å². The summed E-state index contributed by atoms with van der Waals surface area (Å²) in [7, 11) is 0. The van der Waals surface area contributed by atoms with E-state index in [0.717, 1.165) is 12.1 Å². The van der Waals surface area contributed by atoms with Gasteiger partial charge in [0.25, 0.3) is 5.91 Å². The second-order valence-electron chi connectivity index (χ2n) is 4.93. The van der Waals surface area contributed by atoms with Crippen LogP contribution in [0.1, 0.15) is 35.9 Å². The number of nitrogens with one attached hydrogen (secondary N) is 1. The second-order valence-corrected chi connectivity index (χ2v) is 4.93. The van der Waals surface area contributed by atoms with Crippen molar-refractivity contribution in [2.75, 3.05) is 5.32 Å². The van der Waals surface area contributed by atoms with Crippen LogP contribution in [0.5, 0.6) is 0 Å². The number of carbonyl (C=O) groups excluding carboxylic acids is 1. The summed E-state index contributed by atoms with van der Waals surface area (Å²) in [6.45, 7) is 4.75. The van der Waals surface area contributed by atoms with Crippen molar-refractivity contribution >= 4 is 17.7 Å². The number of nitrogens with zero attached hydrogens (tertiary/aromatic N) is 4. The predicted molar refractivity (Wildman–Crippen MR) is 79.7 cm³/mol. The summed E-state index contributed by atoms with van der Waals surface area (Å²) in [5, 5.41) is 19.8. The molecule has 0 aliphatic heterocycles. The first kappa shape index (κ1) is 15.7. The molecule has 118 valence electrons. The molecule has 2 N–H and O–H groups in total. The van der Waals surface area contributed by atoms with E-state index < -0.39 is 5.97 Å². The van der Waals surface area contributed by atoms with E-state index in [-0.39, 0.29) is 18.9 Å². The third kappa shape index (κ3) is 3.72. The van der Waals surface area contributed by atoms with Crippen LogP contribution in [0.4, 0.5) is 5.82 Å². The summed E-state index contributed by atoms with van der Waals surface area (Å²) in [6, 6.07) is 3.36. The lowest BCUT2D eigenvalue weighted by atomic mass is 10.3. The van der Waals surface area contributed by atoms with Gasteiger partial charge in [-0.05, 0) is 19.4 Å². The fraction of sp³-hybridized carbons (Fsp3) is 0.429. The van der Waals surface area contributed by atoms with Gasteiger partial charge < -0.3 is 10.4 Å². The second kappa shape index (κ2) is 6.88. The number of rotatable bonds is 7. The van der Waals surface area contributed by atoms with Gasteiger partial charge in [-0.1, -0.05) is 6.92 Å². The fourth-order valence-corrected chi connectivity index (χ4v) is 2.11. The molecule has 0 bridgehead atoms. The Kier molecular flexibility index (Phi) is 4.92. The average molecular weight is 305 g/mol. The van der Waals surface area contributed by atoms with Crippen LogP contribution in [0.2, 0.25) is 0 Å². The largest absolute Gasteiger partial charge is 0.481 e. The summed E-state index contributed by atoms with van der Waals surface area (Å²) in [4.78, 5) is 23.0. The molecule has 0 saturated heterocycles. The number of aliphatic carboxylic acids is 1. The standard InChI is InChI=1S/C14H19N5O3/c1-3-7-19-12(9-10(2)17-19)16-14(22)11-4-6-15-18(11)8-5-13(20)21/h4,6,9H,3,5,7-8H2,1-2H3,(H,16,22)(H,20,21). The molecule has 8 heteroatoms. The topological polar surface area (TPSA) is 102 Å². The van der Waals surface area contributed by atoms with Gasteiger partial charge >= 0.3 is 5.97 Å². The van der Waals surface area contributed by atoms with E-state index in [1.54, 1.807) is 16.8 Å². The van der Waals surface area contributed by atoms with Crippen LogP contribution < -0.4 is 5.32 Å². The Hall–Kier alpha value is -2.64. The molecule has 0 aliphatic rings. The van der Waals surface area contributed by atoms with Crippen LogP contribution in [0, 0.1) is 6.92 Å². The number of hydrogen-bond acceptors (Lipinski definition) is 4. The SMILES string of the molecule is CCCn1nc(C)cc1NC(=O)c1ccnn1CCC(=O)O. The normalized spacial score (nSPS) is 10.6. The first-order valence-corrected chi connectivity index (χ1v) is 7.10. The van der Waals surface area contributed by atoms with Crippen LogP contribution in [0.15, 0.2) is 18.3 Å². The molecule has 0 fully saturated rings. The van der Waals surface area contributed by atoms with Gasteiger partial charge in [0.2, 0.25) is 0 Å². The molecule has 2 rings (SSSR count). The van der Waals surface area contributed by atoms with E-state index in [4.69, 9.17) is 5.11 Å². The number of amides is 1. The Labute approximate surface area is 127 Å². The average Bonchev–Trinajstić information content (AvgIpc) is 3.04. The lowest BCUT2D eigenvalue weighted by Crippen LogP contribution is -2.20. The molecule has 22 heavy (non-hydrogen) atoms. The third-order valence-electron chi connectivity index (χ3n) is 3.07. The van der Waals surface area contributed by atoms with Gasteiger partial charge in [0.05, 0.1) is 18.7 Å². The molecule has 8 nitrogen and oxygen atoms in total. The van der Waals surface area contributed by atoms with Crippen molar-refractivity contribution in [3.8, 4) is 0 Å². The Morgan fingerprint density at radius 1 is 1.32 bits per heavy atom. The molecular formula is C14H19N5O3. The highest BCUT2D eigenvalue weighted by atomic mass is 16.4. The van der Waals surface area contributed by atoms with Gasteiger partial charge in [0.1, 0.15) is 11.5 Å². The summed E-state index contributed by atoms with van der Waals surface area (Å²) in [6.07, 6.45) is 2.29. The maximum Gasteiger partial charge on any atom is 0.305 e. The first-order valence-electron chi connectivity index (χ1n) is 7.10. The number of aryl methyl sites for hydroxylation is 3. The van der Waals surface area contributed by atoms with E-state index in [1.165, 1.54) is 10.9 Å². The van der Waals surface area contributed by atoms with Crippen molar-refractivity contribution in [1.29, 1.82) is 0 Å². The molecule has 0 saturated carbocycles. The molecule has 2 aromatic heterocycles.